The minimum Gasteiger partial charge on any atom is -0.495 e. The first-order valence-corrected chi connectivity index (χ1v) is 11.9. The van der Waals surface area contributed by atoms with Gasteiger partial charge in [0.05, 0.1) is 30.9 Å². The molecule has 0 bridgehead atoms. The van der Waals surface area contributed by atoms with Gasteiger partial charge in [0, 0.05) is 11.3 Å². The predicted octanol–water partition coefficient (Wildman–Crippen LogP) is 4.68. The number of rotatable bonds is 10. The molecule has 0 aliphatic carbocycles. The van der Waals surface area contributed by atoms with Crippen molar-refractivity contribution >= 4 is 27.3 Å². The van der Waals surface area contributed by atoms with Crippen molar-refractivity contribution in [3.63, 3.8) is 0 Å². The van der Waals surface area contributed by atoms with Gasteiger partial charge in [0.2, 0.25) is 0 Å². The van der Waals surface area contributed by atoms with Crippen molar-refractivity contribution in [2.75, 3.05) is 30.4 Å². The Morgan fingerprint density at radius 2 is 1.53 bits per heavy atom. The summed E-state index contributed by atoms with van der Waals surface area (Å²) in [5.74, 6) is 0.232. The number of hydrogen-bond donors (Lipinski definition) is 2. The van der Waals surface area contributed by atoms with Crippen LogP contribution in [0.4, 0.5) is 15.8 Å². The van der Waals surface area contributed by atoms with Gasteiger partial charge in [-0.25, -0.2) is 12.8 Å². The molecular formula is C24H25FN2O6S. The number of benzene rings is 3. The Bertz CT molecular complexity index is 1260. The second kappa shape index (κ2) is 10.9. The molecule has 0 aromatic heterocycles. The maximum atomic E-state index is 13.2. The number of ether oxygens (including phenoxy) is 3. The highest BCUT2D eigenvalue weighted by Gasteiger charge is 2.18. The average molecular weight is 489 g/mol. The number of amides is 1. The van der Waals surface area contributed by atoms with Crippen LogP contribution in [0.1, 0.15) is 24.2 Å². The fourth-order valence-corrected chi connectivity index (χ4v) is 4.14. The van der Waals surface area contributed by atoms with Crippen molar-refractivity contribution in [1.82, 2.24) is 0 Å². The molecule has 0 radical (unpaired) electrons. The van der Waals surface area contributed by atoms with E-state index < -0.39 is 21.7 Å². The zero-order chi connectivity index (χ0) is 24.7. The summed E-state index contributed by atoms with van der Waals surface area (Å²) in [5.41, 5.74) is 0.761. The van der Waals surface area contributed by atoms with Crippen LogP contribution in [-0.4, -0.2) is 34.6 Å². The van der Waals surface area contributed by atoms with Crippen LogP contribution in [0.5, 0.6) is 17.2 Å². The number of anilines is 2. The molecule has 8 nitrogen and oxygen atoms in total. The van der Waals surface area contributed by atoms with Crippen LogP contribution in [0, 0.1) is 5.82 Å². The van der Waals surface area contributed by atoms with Crippen LogP contribution < -0.4 is 24.2 Å². The quantitative estimate of drug-likeness (QED) is 0.429. The lowest BCUT2D eigenvalue weighted by Crippen LogP contribution is -2.15. The number of carbonyl (C=O) groups is 1. The number of sulfonamides is 1. The molecule has 0 atom stereocenters. The van der Waals surface area contributed by atoms with E-state index in [1.807, 2.05) is 13.8 Å². The summed E-state index contributed by atoms with van der Waals surface area (Å²) >= 11 is 0. The van der Waals surface area contributed by atoms with Crippen LogP contribution >= 0.6 is 0 Å². The van der Waals surface area contributed by atoms with Crippen molar-refractivity contribution in [3.05, 3.63) is 72.0 Å². The van der Waals surface area contributed by atoms with Gasteiger partial charge in [-0.3, -0.25) is 9.52 Å². The molecule has 1 amide bonds. The monoisotopic (exact) mass is 488 g/mol. The van der Waals surface area contributed by atoms with Gasteiger partial charge < -0.3 is 19.5 Å². The van der Waals surface area contributed by atoms with E-state index in [1.165, 1.54) is 19.2 Å². The van der Waals surface area contributed by atoms with E-state index in [4.69, 9.17) is 14.2 Å². The summed E-state index contributed by atoms with van der Waals surface area (Å²) in [4.78, 5) is 12.7. The van der Waals surface area contributed by atoms with E-state index >= 15 is 0 Å². The summed E-state index contributed by atoms with van der Waals surface area (Å²) in [6.07, 6.45) is 0. The Balaban J connectivity index is 1.85. The molecule has 3 rings (SSSR count). The zero-order valence-electron chi connectivity index (χ0n) is 18.9. The molecular weight excluding hydrogens is 463 g/mol. The Labute approximate surface area is 197 Å². The van der Waals surface area contributed by atoms with Crippen LogP contribution in [0.25, 0.3) is 0 Å². The number of methoxy groups -OCH3 is 1. The van der Waals surface area contributed by atoms with E-state index in [9.17, 15) is 17.6 Å². The number of hydrogen-bond acceptors (Lipinski definition) is 6. The molecule has 0 aliphatic heterocycles. The van der Waals surface area contributed by atoms with Crippen molar-refractivity contribution in [3.8, 4) is 17.2 Å². The highest BCUT2D eigenvalue weighted by molar-refractivity contribution is 7.92. The molecule has 10 heteroatoms. The molecule has 0 fully saturated rings. The van der Waals surface area contributed by atoms with Gasteiger partial charge in [-0.15, -0.1) is 0 Å². The van der Waals surface area contributed by atoms with Gasteiger partial charge in [-0.05, 0) is 74.5 Å². The van der Waals surface area contributed by atoms with Crippen molar-refractivity contribution in [1.29, 1.82) is 0 Å². The molecule has 0 heterocycles. The molecule has 0 saturated heterocycles. The third-order valence-corrected chi connectivity index (χ3v) is 6.01. The number of nitrogens with one attached hydrogen (secondary N) is 2. The number of carbonyl (C=O) groups excluding carboxylic acids is 1. The van der Waals surface area contributed by atoms with E-state index in [0.29, 0.717) is 36.0 Å². The maximum Gasteiger partial charge on any atom is 0.262 e. The summed E-state index contributed by atoms with van der Waals surface area (Å²) in [6, 6.07) is 13.7. The van der Waals surface area contributed by atoms with Gasteiger partial charge in [-0.2, -0.15) is 0 Å². The SMILES string of the molecule is CCOc1ccc(C(=O)Nc2ccc(OC)c(NS(=O)(=O)c3ccc(F)cc3)c2)cc1OCC. The highest BCUT2D eigenvalue weighted by Crippen LogP contribution is 2.32. The van der Waals surface area contributed by atoms with Gasteiger partial charge in [0.1, 0.15) is 11.6 Å². The Hall–Kier alpha value is -3.79. The second-order valence-electron chi connectivity index (χ2n) is 6.96. The third-order valence-electron chi connectivity index (χ3n) is 4.63. The first kappa shape index (κ1) is 24.8. The lowest BCUT2D eigenvalue weighted by molar-refractivity contribution is 0.102. The van der Waals surface area contributed by atoms with Crippen LogP contribution in [0.2, 0.25) is 0 Å². The lowest BCUT2D eigenvalue weighted by Gasteiger charge is -2.15. The Morgan fingerprint density at radius 3 is 2.18 bits per heavy atom. The minimum atomic E-state index is -4.02. The topological polar surface area (TPSA) is 103 Å². The van der Waals surface area contributed by atoms with Crippen LogP contribution in [0.3, 0.4) is 0 Å². The molecule has 3 aromatic rings. The summed E-state index contributed by atoms with van der Waals surface area (Å²) in [5, 5.41) is 2.73. The van der Waals surface area contributed by atoms with E-state index in [-0.39, 0.29) is 16.3 Å². The van der Waals surface area contributed by atoms with Gasteiger partial charge in [0.15, 0.2) is 11.5 Å². The van der Waals surface area contributed by atoms with Gasteiger partial charge >= 0.3 is 0 Å². The first-order valence-electron chi connectivity index (χ1n) is 10.4. The summed E-state index contributed by atoms with van der Waals surface area (Å²) in [6.45, 7) is 4.53. The molecule has 2 N–H and O–H groups in total. The Morgan fingerprint density at radius 1 is 0.882 bits per heavy atom. The van der Waals surface area contributed by atoms with Crippen molar-refractivity contribution in [2.45, 2.75) is 18.7 Å². The lowest BCUT2D eigenvalue weighted by atomic mass is 10.1. The molecule has 0 saturated carbocycles. The fraction of sp³-hybridized carbons (Fsp3) is 0.208. The van der Waals surface area contributed by atoms with Gasteiger partial charge in [0.25, 0.3) is 15.9 Å². The minimum absolute atomic E-state index is 0.103. The number of halogens is 1. The second-order valence-corrected chi connectivity index (χ2v) is 8.64. The van der Waals surface area contributed by atoms with Gasteiger partial charge in [-0.1, -0.05) is 0 Å². The molecule has 0 spiro atoms. The Kier molecular flexibility index (Phi) is 7.95. The zero-order valence-corrected chi connectivity index (χ0v) is 19.7. The van der Waals surface area contributed by atoms with Crippen LogP contribution in [0.15, 0.2) is 65.6 Å². The average Bonchev–Trinajstić information content (AvgIpc) is 2.80. The fourth-order valence-electron chi connectivity index (χ4n) is 3.08. The van der Waals surface area contributed by atoms with Crippen molar-refractivity contribution < 1.29 is 31.8 Å². The predicted molar refractivity (Wildman–Crippen MR) is 127 cm³/mol. The van der Waals surface area contributed by atoms with E-state index in [0.717, 1.165) is 24.3 Å². The smallest absolute Gasteiger partial charge is 0.262 e. The molecule has 34 heavy (non-hydrogen) atoms. The molecule has 3 aromatic carbocycles. The molecule has 0 unspecified atom stereocenters. The highest BCUT2D eigenvalue weighted by atomic mass is 32.2. The van der Waals surface area contributed by atoms with E-state index in [2.05, 4.69) is 10.0 Å². The molecule has 0 aliphatic rings. The largest absolute Gasteiger partial charge is 0.495 e. The van der Waals surface area contributed by atoms with Crippen LogP contribution in [-0.2, 0) is 10.0 Å². The van der Waals surface area contributed by atoms with E-state index in [1.54, 1.807) is 24.3 Å². The van der Waals surface area contributed by atoms with Crippen molar-refractivity contribution in [2.24, 2.45) is 0 Å². The normalized spacial score (nSPS) is 10.9. The third kappa shape index (κ3) is 5.96. The summed E-state index contributed by atoms with van der Waals surface area (Å²) in [7, 11) is -2.63. The molecule has 180 valence electrons. The first-order chi connectivity index (χ1) is 16.3. The standard InChI is InChI=1S/C24H25FN2O6S/c1-4-32-22-12-6-16(14-23(22)33-5-2)24(28)26-18-9-13-21(31-3)20(15-18)27-34(29,30)19-10-7-17(25)8-11-19/h6-15,27H,4-5H2,1-3H3,(H,26,28). The maximum absolute atomic E-state index is 13.2. The summed E-state index contributed by atoms with van der Waals surface area (Å²) < 4.78 is 57.3.